The van der Waals surface area contributed by atoms with Crippen LogP contribution in [0.3, 0.4) is 0 Å². The number of aromatic hydroxyl groups is 2. The van der Waals surface area contributed by atoms with Crippen molar-refractivity contribution < 1.29 is 10.2 Å². The lowest BCUT2D eigenvalue weighted by atomic mass is 9.92. The van der Waals surface area contributed by atoms with Gasteiger partial charge in [-0.2, -0.15) is 0 Å². The number of thiocarbonyl (C=S) groups is 1. The van der Waals surface area contributed by atoms with E-state index in [0.29, 0.717) is 4.99 Å². The number of phenolic OH excluding ortho intramolecular Hbond substituents is 2. The molecular formula is C19H17NO2S. The third-order valence-electron chi connectivity index (χ3n) is 3.79. The summed E-state index contributed by atoms with van der Waals surface area (Å²) in [6.07, 6.45) is 0. The second-order valence-electron chi connectivity index (χ2n) is 5.45. The Hall–Kier alpha value is -2.59. The second-order valence-corrected chi connectivity index (χ2v) is 6.06. The predicted molar refractivity (Wildman–Crippen MR) is 97.0 cm³/mol. The molecule has 0 fully saturated rings. The molecule has 1 unspecified atom stereocenters. The zero-order valence-electron chi connectivity index (χ0n) is 12.7. The van der Waals surface area contributed by atoms with Crippen LogP contribution in [0.2, 0.25) is 0 Å². The van der Waals surface area contributed by atoms with E-state index < -0.39 is 0 Å². The molecular weight excluding hydrogens is 306 g/mol. The van der Waals surface area contributed by atoms with Crippen LogP contribution in [0, 0.1) is 0 Å². The van der Waals surface area contributed by atoms with E-state index >= 15 is 0 Å². The third-order valence-corrected chi connectivity index (χ3v) is 3.91. The predicted octanol–water partition coefficient (Wildman–Crippen LogP) is 4.28. The number of hydrogen-bond acceptors (Lipinski definition) is 3. The summed E-state index contributed by atoms with van der Waals surface area (Å²) in [5.41, 5.74) is 1.58. The average molecular weight is 323 g/mol. The minimum Gasteiger partial charge on any atom is -0.508 e. The molecule has 0 bridgehead atoms. The number of fused-ring (bicyclic) bond motifs is 1. The molecule has 0 spiro atoms. The van der Waals surface area contributed by atoms with Gasteiger partial charge in [-0.3, -0.25) is 0 Å². The summed E-state index contributed by atoms with van der Waals surface area (Å²) in [5.74, 6) is 0.372. The third kappa shape index (κ3) is 3.12. The van der Waals surface area contributed by atoms with Crippen LogP contribution in [-0.4, -0.2) is 15.2 Å². The normalized spacial score (nSPS) is 12.0. The van der Waals surface area contributed by atoms with Crippen molar-refractivity contribution in [1.82, 2.24) is 5.32 Å². The van der Waals surface area contributed by atoms with Crippen molar-refractivity contribution in [2.45, 2.75) is 13.0 Å². The van der Waals surface area contributed by atoms with Crippen LogP contribution in [0.1, 0.15) is 24.1 Å². The van der Waals surface area contributed by atoms with E-state index in [2.05, 4.69) is 5.32 Å². The van der Waals surface area contributed by atoms with Gasteiger partial charge in [0.2, 0.25) is 0 Å². The molecule has 1 atom stereocenters. The molecule has 3 rings (SSSR count). The molecule has 0 amide bonds. The van der Waals surface area contributed by atoms with Crippen molar-refractivity contribution in [3.8, 4) is 11.5 Å². The summed E-state index contributed by atoms with van der Waals surface area (Å²) < 4.78 is 0. The van der Waals surface area contributed by atoms with E-state index in [9.17, 15) is 10.2 Å². The van der Waals surface area contributed by atoms with Crippen LogP contribution in [-0.2, 0) is 0 Å². The van der Waals surface area contributed by atoms with Gasteiger partial charge < -0.3 is 15.5 Å². The SMILES string of the molecule is CC(=S)NC(c1cccc(O)c1)c1c(O)ccc2ccccc12. The van der Waals surface area contributed by atoms with Gasteiger partial charge in [0.15, 0.2) is 0 Å². The van der Waals surface area contributed by atoms with Crippen molar-refractivity contribution in [3.63, 3.8) is 0 Å². The van der Waals surface area contributed by atoms with Crippen LogP contribution in [0.4, 0.5) is 0 Å². The summed E-state index contributed by atoms with van der Waals surface area (Å²) in [7, 11) is 0. The Kier molecular flexibility index (Phi) is 4.17. The molecule has 23 heavy (non-hydrogen) atoms. The van der Waals surface area contributed by atoms with Crippen LogP contribution < -0.4 is 5.32 Å². The van der Waals surface area contributed by atoms with Crippen molar-refractivity contribution in [2.24, 2.45) is 0 Å². The van der Waals surface area contributed by atoms with Gasteiger partial charge in [0.05, 0.1) is 11.0 Å². The number of nitrogens with one attached hydrogen (secondary N) is 1. The highest BCUT2D eigenvalue weighted by Crippen LogP contribution is 2.36. The van der Waals surface area contributed by atoms with Gasteiger partial charge in [-0.25, -0.2) is 0 Å². The maximum atomic E-state index is 10.5. The molecule has 3 aromatic carbocycles. The molecule has 0 aliphatic heterocycles. The molecule has 0 aliphatic carbocycles. The molecule has 0 saturated carbocycles. The van der Waals surface area contributed by atoms with Crippen molar-refractivity contribution >= 4 is 28.0 Å². The first kappa shape index (κ1) is 15.3. The van der Waals surface area contributed by atoms with E-state index in [4.69, 9.17) is 12.2 Å². The largest absolute Gasteiger partial charge is 0.508 e. The zero-order valence-corrected chi connectivity index (χ0v) is 13.5. The van der Waals surface area contributed by atoms with Crippen molar-refractivity contribution in [1.29, 1.82) is 0 Å². The molecule has 116 valence electrons. The minimum absolute atomic E-state index is 0.177. The zero-order chi connectivity index (χ0) is 16.4. The van der Waals surface area contributed by atoms with Crippen LogP contribution in [0.5, 0.6) is 11.5 Å². The molecule has 0 heterocycles. The Morgan fingerprint density at radius 2 is 1.78 bits per heavy atom. The van der Waals surface area contributed by atoms with E-state index in [1.54, 1.807) is 31.2 Å². The maximum absolute atomic E-state index is 10.5. The molecule has 4 heteroatoms. The first-order valence-corrected chi connectivity index (χ1v) is 7.74. The topological polar surface area (TPSA) is 52.5 Å². The van der Waals surface area contributed by atoms with Gasteiger partial charge in [0.1, 0.15) is 11.5 Å². The van der Waals surface area contributed by atoms with Crippen LogP contribution in [0.25, 0.3) is 10.8 Å². The van der Waals surface area contributed by atoms with Crippen molar-refractivity contribution in [3.05, 3.63) is 71.8 Å². The fraction of sp³-hybridized carbons (Fsp3) is 0.105. The van der Waals surface area contributed by atoms with E-state index in [1.807, 2.05) is 36.4 Å². The highest BCUT2D eigenvalue weighted by Gasteiger charge is 2.21. The first-order valence-electron chi connectivity index (χ1n) is 7.33. The van der Waals surface area contributed by atoms with Gasteiger partial charge in [0, 0.05) is 5.56 Å². The van der Waals surface area contributed by atoms with Gasteiger partial charge in [-0.1, -0.05) is 54.7 Å². The van der Waals surface area contributed by atoms with Gasteiger partial charge >= 0.3 is 0 Å². The molecule has 3 N–H and O–H groups in total. The number of phenols is 2. The highest BCUT2D eigenvalue weighted by molar-refractivity contribution is 7.80. The van der Waals surface area contributed by atoms with Gasteiger partial charge in [-0.05, 0) is 41.5 Å². The Morgan fingerprint density at radius 1 is 1.00 bits per heavy atom. The smallest absolute Gasteiger partial charge is 0.121 e. The number of rotatable bonds is 3. The standard InChI is InChI=1S/C19H17NO2S/c1-12(23)20-19(14-6-4-7-15(21)11-14)18-16-8-3-2-5-13(16)9-10-17(18)22/h2-11,19,21-22H,1H3,(H,20,23). The van der Waals surface area contributed by atoms with Gasteiger partial charge in [0.25, 0.3) is 0 Å². The summed E-state index contributed by atoms with van der Waals surface area (Å²) in [4.78, 5) is 0.616. The molecule has 0 aliphatic rings. The average Bonchev–Trinajstić information content (AvgIpc) is 2.53. The minimum atomic E-state index is -0.342. The summed E-state index contributed by atoms with van der Waals surface area (Å²) >= 11 is 5.22. The fourth-order valence-electron chi connectivity index (χ4n) is 2.82. The molecule has 0 saturated heterocycles. The van der Waals surface area contributed by atoms with E-state index in [1.165, 1.54) is 0 Å². The fourth-order valence-corrected chi connectivity index (χ4v) is 2.94. The summed E-state index contributed by atoms with van der Waals surface area (Å²) in [6, 6.07) is 18.1. The second kappa shape index (κ2) is 6.26. The molecule has 3 aromatic rings. The maximum Gasteiger partial charge on any atom is 0.121 e. The first-order chi connectivity index (χ1) is 11.1. The number of hydrogen-bond donors (Lipinski definition) is 3. The molecule has 0 aromatic heterocycles. The Balaban J connectivity index is 2.25. The lowest BCUT2D eigenvalue weighted by molar-refractivity contribution is 0.462. The van der Waals surface area contributed by atoms with Gasteiger partial charge in [-0.15, -0.1) is 0 Å². The lowest BCUT2D eigenvalue weighted by Gasteiger charge is -2.23. The van der Waals surface area contributed by atoms with Crippen LogP contribution >= 0.6 is 12.2 Å². The van der Waals surface area contributed by atoms with E-state index in [-0.39, 0.29) is 17.5 Å². The Labute approximate surface area is 140 Å². The highest BCUT2D eigenvalue weighted by atomic mass is 32.1. The number of benzene rings is 3. The molecule has 3 nitrogen and oxygen atoms in total. The summed E-state index contributed by atoms with van der Waals surface area (Å²) in [6.45, 7) is 1.80. The van der Waals surface area contributed by atoms with E-state index in [0.717, 1.165) is 21.9 Å². The molecule has 0 radical (unpaired) electrons. The lowest BCUT2D eigenvalue weighted by Crippen LogP contribution is -2.26. The monoisotopic (exact) mass is 323 g/mol. The summed E-state index contributed by atoms with van der Waals surface area (Å²) in [5, 5.41) is 25.5. The quantitative estimate of drug-likeness (QED) is 0.630. The Morgan fingerprint density at radius 3 is 2.52 bits per heavy atom. The Bertz CT molecular complexity index is 876. The van der Waals surface area contributed by atoms with Crippen molar-refractivity contribution in [2.75, 3.05) is 0 Å². The van der Waals surface area contributed by atoms with Crippen LogP contribution in [0.15, 0.2) is 60.7 Å².